The second-order valence-electron chi connectivity index (χ2n) is 17.0. The van der Waals surface area contributed by atoms with E-state index >= 15 is 0 Å². The number of aromatic nitrogens is 5. The topological polar surface area (TPSA) is 88.5 Å². The van der Waals surface area contributed by atoms with E-state index in [4.69, 9.17) is 20.8 Å². The minimum absolute atomic E-state index is 0. The van der Waals surface area contributed by atoms with Crippen molar-refractivity contribution in [3.05, 3.63) is 53.6 Å². The molecule has 8 nitrogen and oxygen atoms in total. The van der Waals surface area contributed by atoms with E-state index in [0.717, 1.165) is 78.3 Å². The zero-order valence-electron chi connectivity index (χ0n) is 44.5. The molecule has 2 aliphatic rings. The number of fused-ring (bicyclic) bond motifs is 2. The van der Waals surface area contributed by atoms with Crippen molar-refractivity contribution in [2.24, 2.45) is 5.73 Å². The van der Waals surface area contributed by atoms with Crippen molar-refractivity contribution in [2.75, 3.05) is 29.4 Å². The molecule has 0 spiro atoms. The van der Waals surface area contributed by atoms with Crippen LogP contribution in [0.1, 0.15) is 48.5 Å². The average Bonchev–Trinajstić information content (AvgIpc) is 3.98. The lowest BCUT2D eigenvalue weighted by Gasteiger charge is -2.58. The van der Waals surface area contributed by atoms with Gasteiger partial charge in [-0.05, 0) is 212 Å². The van der Waals surface area contributed by atoms with Gasteiger partial charge in [-0.25, -0.2) is 19.5 Å². The summed E-state index contributed by atoms with van der Waals surface area (Å²) in [6.07, 6.45) is 8.18. The number of piperidine rings is 1. The highest BCUT2D eigenvalue weighted by molar-refractivity contribution is 9.51. The molecule has 0 saturated carbocycles. The number of anilines is 2. The van der Waals surface area contributed by atoms with Gasteiger partial charge in [0.15, 0.2) is 5.65 Å². The van der Waals surface area contributed by atoms with Crippen LogP contribution in [0, 0.1) is 13.8 Å². The van der Waals surface area contributed by atoms with Gasteiger partial charge in [0.1, 0.15) is 18.0 Å². The van der Waals surface area contributed by atoms with Gasteiger partial charge in [-0.15, -0.1) is 223 Å². The van der Waals surface area contributed by atoms with Crippen LogP contribution in [-0.4, -0.2) is 50.2 Å². The Kier molecular flexibility index (Phi) is 52.0. The summed E-state index contributed by atoms with van der Waals surface area (Å²) in [5.74, 6) is 2.04. The monoisotopic (exact) mass is 2010 g/mol. The molecule has 2 aliphatic heterocycles. The molecule has 468 valence electrons. The molecule has 4 aromatic rings. The molecule has 2 saturated heterocycles. The molecular formula is C25H82N8P48S. The second kappa shape index (κ2) is 46.3. The third-order valence-electron chi connectivity index (χ3n) is 11.2. The van der Waals surface area contributed by atoms with Gasteiger partial charge in [0.2, 0.25) is 0 Å². The summed E-state index contributed by atoms with van der Waals surface area (Å²) in [5, 5.41) is 6.12. The summed E-state index contributed by atoms with van der Waals surface area (Å²) in [7, 11) is 86.5. The number of nitrogens with two attached hydrogens (primary N) is 1. The highest BCUT2D eigenvalue weighted by Crippen LogP contribution is 3.45. The van der Waals surface area contributed by atoms with Gasteiger partial charge in [0.25, 0.3) is 0 Å². The zero-order chi connectivity index (χ0) is 60.8. The molecule has 0 aliphatic carbocycles. The Balaban J connectivity index is 0.000000367. The first-order valence-electron chi connectivity index (χ1n) is 22.8. The highest BCUT2D eigenvalue weighted by Gasteiger charge is 2.58. The summed E-state index contributed by atoms with van der Waals surface area (Å²) in [6.45, 7) is 3.52. The van der Waals surface area contributed by atoms with Gasteiger partial charge in [-0.3, -0.25) is 0 Å². The predicted octanol–water partition coefficient (Wildman–Crippen LogP) is 31.6. The normalized spacial score (nSPS) is 18.1. The smallest absolute Gasteiger partial charge is 0.157 e. The van der Waals surface area contributed by atoms with E-state index in [1.807, 2.05) is 4.52 Å². The number of nitrogens with zero attached hydrogens (tertiary/aromatic N) is 7. The number of aryl methyl sites for hydroxylation is 2. The summed E-state index contributed by atoms with van der Waals surface area (Å²) in [6, 6.07) is 8.81. The number of hydrogen-bond donors (Lipinski definition) is 1. The minimum atomic E-state index is -0.190. The Bertz CT molecular complexity index is 2440. The molecule has 82 heavy (non-hydrogen) atoms. The van der Waals surface area contributed by atoms with Crippen LogP contribution in [-0.2, 0) is 0 Å². The lowest BCUT2D eigenvalue weighted by Crippen LogP contribution is -2.34. The van der Waals surface area contributed by atoms with E-state index in [2.05, 4.69) is 282 Å². The van der Waals surface area contributed by atoms with Gasteiger partial charge >= 0.3 is 0 Å². The fourth-order valence-corrected chi connectivity index (χ4v) is 674. The fourth-order valence-electron chi connectivity index (χ4n) is 8.20. The van der Waals surface area contributed by atoms with Crippen LogP contribution in [0.15, 0.2) is 36.8 Å². The molecule has 0 radical (unpaired) electrons. The van der Waals surface area contributed by atoms with Gasteiger partial charge < -0.3 is 15.5 Å². The Morgan fingerprint density at radius 3 is 1.34 bits per heavy atom. The van der Waals surface area contributed by atoms with Crippen LogP contribution < -0.4 is 15.5 Å². The quantitative estimate of drug-likeness (QED) is 0.0661. The van der Waals surface area contributed by atoms with Crippen molar-refractivity contribution in [3.63, 3.8) is 0 Å². The van der Waals surface area contributed by atoms with Crippen molar-refractivity contribution in [1.82, 2.24) is 24.6 Å². The molecular weight excluding hydrogens is 1930 g/mol. The Morgan fingerprint density at radius 2 is 0.927 bits per heavy atom. The standard InChI is InChI=1S/C25H30N8.H50P48.H2S/c1-16-6-5-7-19-23(16)25(28-15-27-19)32-10-4-3-8-21(32)20-12-22-29-24(17(2)13-33(22)30-20)31-11-9-18(26)14-31;1-26(2)38(25)44(37(23)24)47(43(35(19)20)36(21)22)48(45(39(27(3)4)28(5)6)40(29(7)8)30(9)10)46(41(31(11)12)32(13)14)42(33(15)16)34(17)18;/h5-7,12-13,15,18,21H,3-4,8-11,14,26H2,1-2H3;1-25H2;1H2/t18-,21?;;/m1../s1. The van der Waals surface area contributed by atoms with E-state index in [1.165, 1.54) is 12.0 Å². The van der Waals surface area contributed by atoms with Gasteiger partial charge in [-0.2, -0.15) is 18.6 Å². The average molecular weight is 2010 g/mol. The molecule has 2 fully saturated rings. The maximum Gasteiger partial charge on any atom is 0.157 e. The second-order valence-corrected chi connectivity index (χ2v) is 214. The number of benzene rings is 1. The molecule has 0 bridgehead atoms. The first kappa shape index (κ1) is 92.1. The first-order valence-corrected chi connectivity index (χ1v) is 110. The van der Waals surface area contributed by atoms with E-state index in [-0.39, 0.29) is 186 Å². The maximum absolute atomic E-state index is 6.14. The minimum Gasteiger partial charge on any atom is -0.355 e. The highest BCUT2D eigenvalue weighted by atomic mass is 33.6. The molecule has 30 atom stereocenters. The maximum atomic E-state index is 6.14. The SMILES string of the molecule is Cc1cn2nc(C3CCCCN3c3ncnc4cccc(C)c34)cc2nc1N1CC[C@@H](N)C1.PP(P)P(P)P(P(P)P)P(P(P(P)P)P(P)P)P(P(P(P(P)P)P(P)P)P(P(P)P)P(P)P)P(P(P(P)P)P(P)P)P(P(P)P)P(P)P.S. The van der Waals surface area contributed by atoms with Crippen molar-refractivity contribution < 1.29 is 0 Å². The van der Waals surface area contributed by atoms with Crippen molar-refractivity contribution in [3.8, 4) is 0 Å². The molecule has 6 rings (SSSR count). The van der Waals surface area contributed by atoms with E-state index in [9.17, 15) is 0 Å². The zero-order valence-corrected chi connectivity index (χ0v) is 94.9. The Labute approximate surface area is 583 Å². The third kappa shape index (κ3) is 26.5. The van der Waals surface area contributed by atoms with Crippen LogP contribution in [0.25, 0.3) is 16.6 Å². The first-order chi connectivity index (χ1) is 37.8. The molecule has 29 unspecified atom stereocenters. The molecule has 1 aromatic carbocycles. The van der Waals surface area contributed by atoms with E-state index in [0.29, 0.717) is 0 Å². The van der Waals surface area contributed by atoms with E-state index in [1.54, 1.807) is 6.33 Å². The lowest BCUT2D eigenvalue weighted by atomic mass is 9.98. The van der Waals surface area contributed by atoms with Crippen molar-refractivity contribution in [2.45, 2.75) is 51.6 Å². The van der Waals surface area contributed by atoms with Crippen LogP contribution in [0.4, 0.5) is 11.6 Å². The van der Waals surface area contributed by atoms with Crippen LogP contribution >= 0.6 is 397 Å². The lowest BCUT2D eigenvalue weighted by molar-refractivity contribution is 0.461. The van der Waals surface area contributed by atoms with E-state index < -0.39 is 0 Å². The van der Waals surface area contributed by atoms with Gasteiger partial charge in [0.05, 0.1) is 17.3 Å². The summed E-state index contributed by atoms with van der Waals surface area (Å²) < 4.78 is 1.93. The van der Waals surface area contributed by atoms with Gasteiger partial charge in [0, 0.05) is 48.9 Å². The van der Waals surface area contributed by atoms with Crippen molar-refractivity contribution in [1.29, 1.82) is 0 Å². The summed E-state index contributed by atoms with van der Waals surface area (Å²) in [5.41, 5.74) is 11.4. The third-order valence-corrected chi connectivity index (χ3v) is 342. The van der Waals surface area contributed by atoms with Gasteiger partial charge in [-0.1, -0.05) is 12.1 Å². The van der Waals surface area contributed by atoms with Crippen LogP contribution in [0.2, 0.25) is 0 Å². The molecule has 5 heterocycles. The van der Waals surface area contributed by atoms with Crippen LogP contribution in [0.3, 0.4) is 0 Å². The van der Waals surface area contributed by atoms with Crippen LogP contribution in [0.5, 0.6) is 0 Å². The largest absolute Gasteiger partial charge is 0.355 e. The number of hydrogen-bond acceptors (Lipinski definition) is 7. The fraction of sp³-hybridized carbons (Fsp3) is 0.440. The van der Waals surface area contributed by atoms with Crippen molar-refractivity contribution >= 4 is 426 Å². The predicted molar refractivity (Wildman–Crippen MR) is 543 cm³/mol. The molecule has 0 amide bonds. The Morgan fingerprint density at radius 1 is 0.488 bits per heavy atom. The Hall–Kier alpha value is 17.7. The summed E-state index contributed by atoms with van der Waals surface area (Å²) in [4.78, 5) is 19.0. The summed E-state index contributed by atoms with van der Waals surface area (Å²) >= 11 is 0. The molecule has 2 N–H and O–H groups in total. The molecule has 3 aromatic heterocycles. The molecule has 57 heteroatoms. The number of rotatable bonds is 25.